The molecule has 0 saturated heterocycles. The third kappa shape index (κ3) is 5.92. The van der Waals surface area contributed by atoms with Crippen LogP contribution in [0.1, 0.15) is 25.2 Å². The van der Waals surface area contributed by atoms with Gasteiger partial charge in [0.15, 0.2) is 0 Å². The Labute approximate surface area is 49.4 Å². The molecule has 0 fully saturated rings. The molecule has 0 radical (unpaired) electrons. The van der Waals surface area contributed by atoms with Crippen LogP contribution in [-0.2, 0) is 0 Å². The number of rotatable bonds is 3. The first-order valence-electron chi connectivity index (χ1n) is 4.04. The van der Waals surface area contributed by atoms with E-state index in [2.05, 4.69) is 0 Å². The Balaban J connectivity index is 4.53. The standard InChI is InChI=1S/C5H12O2/c1-5(7)3-2-4-6/h5-7H,2-4H2,1H3/i2D2,3D2. The van der Waals surface area contributed by atoms with Crippen LogP contribution in [0.2, 0.25) is 0 Å². The summed E-state index contributed by atoms with van der Waals surface area (Å²) >= 11 is 0. The topological polar surface area (TPSA) is 40.5 Å². The molecule has 0 bridgehead atoms. The number of hydrogen-bond donors (Lipinski definition) is 2. The fourth-order valence-electron chi connectivity index (χ4n) is 0.193. The van der Waals surface area contributed by atoms with Crippen LogP contribution in [0.5, 0.6) is 0 Å². The highest BCUT2D eigenvalue weighted by molar-refractivity contribution is 4.43. The van der Waals surface area contributed by atoms with Gasteiger partial charge in [-0.05, 0) is 19.7 Å². The van der Waals surface area contributed by atoms with Crippen molar-refractivity contribution in [1.29, 1.82) is 0 Å². The minimum Gasteiger partial charge on any atom is -0.396 e. The molecule has 2 N–H and O–H groups in total. The zero-order valence-electron chi connectivity index (χ0n) is 8.18. The summed E-state index contributed by atoms with van der Waals surface area (Å²) in [5.74, 6) is 0. The number of hydrogen-bond acceptors (Lipinski definition) is 2. The highest BCUT2D eigenvalue weighted by Gasteiger charge is 1.90. The maximum atomic E-state index is 8.82. The Morgan fingerprint density at radius 3 is 2.57 bits per heavy atom. The molecule has 44 valence electrons. The van der Waals surface area contributed by atoms with Gasteiger partial charge in [0, 0.05) is 12.1 Å². The number of aliphatic hydroxyl groups excluding tert-OH is 2. The molecule has 1 atom stereocenters. The van der Waals surface area contributed by atoms with Crippen LogP contribution in [0.3, 0.4) is 0 Å². The molecule has 0 aromatic heterocycles. The lowest BCUT2D eigenvalue weighted by Gasteiger charge is -1.98. The van der Waals surface area contributed by atoms with E-state index in [0.29, 0.717) is 0 Å². The van der Waals surface area contributed by atoms with Crippen molar-refractivity contribution in [3.8, 4) is 0 Å². The smallest absolute Gasteiger partial charge is 0.0513 e. The van der Waals surface area contributed by atoms with Crippen molar-refractivity contribution in [3.05, 3.63) is 0 Å². The van der Waals surface area contributed by atoms with Crippen molar-refractivity contribution in [2.75, 3.05) is 6.61 Å². The first-order valence-corrected chi connectivity index (χ1v) is 2.04. The normalized spacial score (nSPS) is 26.7. The van der Waals surface area contributed by atoms with E-state index < -0.39 is 25.5 Å². The Kier molecular flexibility index (Phi) is 1.44. The SMILES string of the molecule is [2H]C([2H])(CO)C([2H])([2H])C(C)O. The van der Waals surface area contributed by atoms with E-state index in [4.69, 9.17) is 15.7 Å². The molecule has 2 heteroatoms. The Hall–Kier alpha value is -0.0800. The fourth-order valence-corrected chi connectivity index (χ4v) is 0.193. The molecule has 0 aliphatic rings. The van der Waals surface area contributed by atoms with Crippen LogP contribution in [0.15, 0.2) is 0 Å². The summed E-state index contributed by atoms with van der Waals surface area (Å²) in [6.45, 7) is 0.207. The Morgan fingerprint density at radius 2 is 2.43 bits per heavy atom. The molecule has 0 aliphatic carbocycles. The highest BCUT2D eigenvalue weighted by Crippen LogP contribution is 1.92. The van der Waals surface area contributed by atoms with E-state index in [1.165, 1.54) is 0 Å². The number of aliphatic hydroxyl groups is 2. The van der Waals surface area contributed by atoms with Gasteiger partial charge in [-0.1, -0.05) is 0 Å². The predicted octanol–water partition coefficient (Wildman–Crippen LogP) is 0.140. The van der Waals surface area contributed by atoms with Crippen molar-refractivity contribution in [2.45, 2.75) is 25.8 Å². The molecule has 0 rings (SSSR count). The summed E-state index contributed by atoms with van der Waals surface area (Å²) in [7, 11) is 0. The molecule has 0 heterocycles. The van der Waals surface area contributed by atoms with Crippen LogP contribution in [0, 0.1) is 0 Å². The highest BCUT2D eigenvalue weighted by atomic mass is 16.3. The molecule has 0 aromatic carbocycles. The van der Waals surface area contributed by atoms with Gasteiger partial charge in [-0.15, -0.1) is 0 Å². The zero-order valence-corrected chi connectivity index (χ0v) is 4.18. The van der Waals surface area contributed by atoms with Gasteiger partial charge in [-0.3, -0.25) is 0 Å². The van der Waals surface area contributed by atoms with Crippen LogP contribution < -0.4 is 0 Å². The molecule has 0 aromatic rings. The van der Waals surface area contributed by atoms with Gasteiger partial charge in [0.05, 0.1) is 6.10 Å². The third-order valence-corrected chi connectivity index (χ3v) is 0.390. The molecule has 0 amide bonds. The Morgan fingerprint density at radius 1 is 1.86 bits per heavy atom. The Bertz CT molecular complexity index is 134. The van der Waals surface area contributed by atoms with E-state index in [9.17, 15) is 0 Å². The summed E-state index contributed by atoms with van der Waals surface area (Å²) in [5, 5.41) is 17.3. The summed E-state index contributed by atoms with van der Waals surface area (Å²) in [4.78, 5) is 0. The summed E-state index contributed by atoms with van der Waals surface area (Å²) in [5.41, 5.74) is 0. The lowest BCUT2D eigenvalue weighted by atomic mass is 10.2. The van der Waals surface area contributed by atoms with Gasteiger partial charge in [0.1, 0.15) is 0 Å². The third-order valence-electron chi connectivity index (χ3n) is 0.390. The van der Waals surface area contributed by atoms with Crippen LogP contribution in [0.25, 0.3) is 0 Å². The molecule has 0 saturated carbocycles. The average Bonchev–Trinajstić information content (AvgIpc) is 1.87. The van der Waals surface area contributed by atoms with Crippen molar-refractivity contribution >= 4 is 0 Å². The van der Waals surface area contributed by atoms with Crippen LogP contribution in [-0.4, -0.2) is 22.9 Å². The van der Waals surface area contributed by atoms with Gasteiger partial charge in [-0.2, -0.15) is 0 Å². The van der Waals surface area contributed by atoms with Crippen molar-refractivity contribution in [2.24, 2.45) is 0 Å². The second kappa shape index (κ2) is 4.09. The van der Waals surface area contributed by atoms with E-state index >= 15 is 0 Å². The first-order chi connectivity index (χ1) is 4.75. The van der Waals surface area contributed by atoms with Gasteiger partial charge in [0.2, 0.25) is 0 Å². The van der Waals surface area contributed by atoms with Gasteiger partial charge in [0.25, 0.3) is 0 Å². The first kappa shape index (κ1) is 2.46. The largest absolute Gasteiger partial charge is 0.396 e. The fraction of sp³-hybridized carbons (Fsp3) is 1.00. The molecular weight excluding hydrogens is 92.1 g/mol. The quantitative estimate of drug-likeness (QED) is 0.540. The molecule has 1 unspecified atom stereocenters. The van der Waals surface area contributed by atoms with Gasteiger partial charge >= 0.3 is 0 Å². The van der Waals surface area contributed by atoms with Crippen molar-refractivity contribution < 1.29 is 15.7 Å². The maximum absolute atomic E-state index is 8.82. The van der Waals surface area contributed by atoms with E-state index in [-0.39, 0.29) is 0 Å². The molecule has 2 nitrogen and oxygen atoms in total. The van der Waals surface area contributed by atoms with E-state index in [1.54, 1.807) is 0 Å². The summed E-state index contributed by atoms with van der Waals surface area (Å²) in [6.07, 6.45) is -6.26. The monoisotopic (exact) mass is 108 g/mol. The minimum atomic E-state index is -2.41. The summed E-state index contributed by atoms with van der Waals surface area (Å²) in [6, 6.07) is 0. The second-order valence-corrected chi connectivity index (χ2v) is 1.16. The van der Waals surface area contributed by atoms with E-state index in [1.807, 2.05) is 0 Å². The van der Waals surface area contributed by atoms with Crippen LogP contribution >= 0.6 is 0 Å². The van der Waals surface area contributed by atoms with E-state index in [0.717, 1.165) is 6.92 Å². The molecule has 0 spiro atoms. The van der Waals surface area contributed by atoms with Crippen LogP contribution in [0.4, 0.5) is 0 Å². The van der Waals surface area contributed by atoms with Gasteiger partial charge in [-0.25, -0.2) is 0 Å². The van der Waals surface area contributed by atoms with Crippen molar-refractivity contribution in [3.63, 3.8) is 0 Å². The molecule has 7 heavy (non-hydrogen) atoms. The zero-order chi connectivity index (χ0) is 9.28. The minimum absolute atomic E-state index is 0.940. The molecule has 0 aliphatic heterocycles. The average molecular weight is 108 g/mol. The lowest BCUT2D eigenvalue weighted by molar-refractivity contribution is 0.167. The summed E-state index contributed by atoms with van der Waals surface area (Å²) < 4.78 is 28.1. The maximum Gasteiger partial charge on any atom is 0.0513 e. The lowest BCUT2D eigenvalue weighted by Crippen LogP contribution is -1.99. The van der Waals surface area contributed by atoms with Gasteiger partial charge < -0.3 is 10.2 Å². The second-order valence-electron chi connectivity index (χ2n) is 1.16. The van der Waals surface area contributed by atoms with Crippen molar-refractivity contribution in [1.82, 2.24) is 0 Å². The molecular formula is C5H12O2. The predicted molar refractivity (Wildman–Crippen MR) is 28.0 cm³/mol.